The van der Waals surface area contributed by atoms with Gasteiger partial charge in [0.2, 0.25) is 5.78 Å². The smallest absolute Gasteiger partial charge is 0.255 e. The van der Waals surface area contributed by atoms with E-state index in [9.17, 15) is 10.1 Å². The van der Waals surface area contributed by atoms with Crippen molar-refractivity contribution < 1.29 is 4.74 Å². The highest BCUT2D eigenvalue weighted by Crippen LogP contribution is 2.33. The molecule has 39 heavy (non-hydrogen) atoms. The number of aromatic nitrogens is 5. The largest absolute Gasteiger partial charge is 0.490 e. The van der Waals surface area contributed by atoms with Gasteiger partial charge in [0.1, 0.15) is 0 Å². The van der Waals surface area contributed by atoms with Crippen LogP contribution >= 0.6 is 0 Å². The van der Waals surface area contributed by atoms with E-state index < -0.39 is 0 Å². The van der Waals surface area contributed by atoms with Gasteiger partial charge in [-0.1, -0.05) is 31.2 Å². The van der Waals surface area contributed by atoms with Crippen LogP contribution in [-0.2, 0) is 6.54 Å². The van der Waals surface area contributed by atoms with Gasteiger partial charge in [0.25, 0.3) is 5.56 Å². The summed E-state index contributed by atoms with van der Waals surface area (Å²) in [5, 5.41) is 9.51. The molecular weight excluding hydrogens is 490 g/mol. The second-order valence-electron chi connectivity index (χ2n) is 10.8. The number of fused-ring (bicyclic) bond motifs is 3. The number of hydrogen-bond donors (Lipinski definition) is 0. The van der Waals surface area contributed by atoms with E-state index in [2.05, 4.69) is 34.8 Å². The lowest BCUT2D eigenvalue weighted by atomic mass is 9.87. The number of nitrogens with zero attached hydrogens (tertiary/aromatic N) is 7. The molecule has 2 unspecified atom stereocenters. The van der Waals surface area contributed by atoms with E-state index in [1.54, 1.807) is 29.2 Å². The van der Waals surface area contributed by atoms with E-state index in [0.717, 1.165) is 35.6 Å². The molecule has 0 bridgehead atoms. The second kappa shape index (κ2) is 10.1. The third kappa shape index (κ3) is 4.72. The second-order valence-corrected chi connectivity index (χ2v) is 10.8. The molecule has 1 fully saturated rings. The molecule has 6 rings (SSSR count). The number of nitriles is 1. The van der Waals surface area contributed by atoms with E-state index in [1.807, 2.05) is 47.7 Å². The van der Waals surface area contributed by atoms with Gasteiger partial charge in [-0.15, -0.1) is 0 Å². The van der Waals surface area contributed by atoms with Gasteiger partial charge in [0, 0.05) is 48.8 Å². The molecule has 2 aliphatic rings. The summed E-state index contributed by atoms with van der Waals surface area (Å²) < 4.78 is 9.52. The minimum Gasteiger partial charge on any atom is -0.490 e. The van der Waals surface area contributed by atoms with Crippen molar-refractivity contribution >= 4 is 11.9 Å². The van der Waals surface area contributed by atoms with Crippen molar-refractivity contribution in [2.24, 2.45) is 11.8 Å². The average Bonchev–Trinajstić information content (AvgIpc) is 3.30. The Morgan fingerprint density at radius 3 is 2.72 bits per heavy atom. The number of allylic oxidation sites excluding steroid dienone is 1. The number of rotatable bonds is 7. The molecule has 3 aromatic heterocycles. The standard InChI is InChI=1S/C30H31N7O2/c1-19(2)35-15-22(16-35)18-39-25-13-32-29(33-14-25)23-6-4-5-21(11-23)17-37-27(38)9-10-36-28-20(3)24(12-31)7-8-26(28)34-30(36)37/h4-11,13-14,19-20,22,24H,15-18H2,1-3H3. The summed E-state index contributed by atoms with van der Waals surface area (Å²) in [7, 11) is 0. The molecule has 9 nitrogen and oxygen atoms in total. The number of benzene rings is 1. The molecule has 2 atom stereocenters. The lowest BCUT2D eigenvalue weighted by Gasteiger charge is -2.41. The van der Waals surface area contributed by atoms with Crippen LogP contribution < -0.4 is 10.3 Å². The van der Waals surface area contributed by atoms with E-state index in [0.29, 0.717) is 42.5 Å². The Morgan fingerprint density at radius 2 is 1.97 bits per heavy atom. The van der Waals surface area contributed by atoms with Crippen LogP contribution in [0.3, 0.4) is 0 Å². The summed E-state index contributed by atoms with van der Waals surface area (Å²) in [5.74, 6) is 2.13. The molecule has 0 radical (unpaired) electrons. The Bertz CT molecular complexity index is 1640. The van der Waals surface area contributed by atoms with Crippen LogP contribution in [0.4, 0.5) is 0 Å². The molecule has 9 heteroatoms. The lowest BCUT2D eigenvalue weighted by molar-refractivity contribution is 0.0373. The highest BCUT2D eigenvalue weighted by atomic mass is 16.5. The van der Waals surface area contributed by atoms with Gasteiger partial charge < -0.3 is 9.64 Å². The maximum Gasteiger partial charge on any atom is 0.255 e. The van der Waals surface area contributed by atoms with Gasteiger partial charge in [-0.25, -0.2) is 15.0 Å². The zero-order valence-corrected chi connectivity index (χ0v) is 22.4. The number of ether oxygens (including phenoxy) is 1. The summed E-state index contributed by atoms with van der Waals surface area (Å²) in [5.41, 5.74) is 3.41. The molecule has 0 spiro atoms. The number of likely N-dealkylation sites (tertiary alicyclic amines) is 1. The maximum atomic E-state index is 12.9. The van der Waals surface area contributed by atoms with Crippen molar-refractivity contribution in [3.63, 3.8) is 0 Å². The van der Waals surface area contributed by atoms with Crippen molar-refractivity contribution in [2.45, 2.75) is 39.3 Å². The zero-order chi connectivity index (χ0) is 27.1. The summed E-state index contributed by atoms with van der Waals surface area (Å²) in [6.07, 6.45) is 8.95. The van der Waals surface area contributed by atoms with Gasteiger partial charge >= 0.3 is 0 Å². The summed E-state index contributed by atoms with van der Waals surface area (Å²) in [4.78, 5) is 29.2. The van der Waals surface area contributed by atoms with Crippen LogP contribution in [0.25, 0.3) is 23.2 Å². The van der Waals surface area contributed by atoms with Crippen LogP contribution in [0.2, 0.25) is 0 Å². The van der Waals surface area contributed by atoms with E-state index in [1.165, 1.54) is 0 Å². The SMILES string of the molecule is CC1c2c(nc3n(Cc4cccc(-c5ncc(OCC6CN(C(C)C)C6)cn5)c4)c(=O)ccn23)C=CC1C#N. The first-order valence-corrected chi connectivity index (χ1v) is 13.4. The topological polar surface area (TPSA) is 101 Å². The molecule has 0 N–H and O–H groups in total. The minimum absolute atomic E-state index is 0.0215. The lowest BCUT2D eigenvalue weighted by Crippen LogP contribution is -2.52. The van der Waals surface area contributed by atoms with Gasteiger partial charge in [0.15, 0.2) is 11.6 Å². The Morgan fingerprint density at radius 1 is 1.18 bits per heavy atom. The van der Waals surface area contributed by atoms with Gasteiger partial charge in [-0.3, -0.25) is 13.8 Å². The van der Waals surface area contributed by atoms with Crippen LogP contribution in [0.5, 0.6) is 5.75 Å². The first kappa shape index (κ1) is 25.0. The molecule has 1 aliphatic carbocycles. The Hall–Kier alpha value is -4.29. The monoisotopic (exact) mass is 521 g/mol. The zero-order valence-electron chi connectivity index (χ0n) is 22.4. The van der Waals surface area contributed by atoms with Crippen molar-refractivity contribution in [3.05, 3.63) is 82.3 Å². The predicted molar refractivity (Wildman–Crippen MR) is 148 cm³/mol. The summed E-state index contributed by atoms with van der Waals surface area (Å²) in [6, 6.07) is 12.4. The van der Waals surface area contributed by atoms with Crippen molar-refractivity contribution in [1.29, 1.82) is 5.26 Å². The minimum atomic E-state index is -0.223. The normalized spacial score (nSPS) is 19.2. The third-order valence-corrected chi connectivity index (χ3v) is 7.77. The number of imidazole rings is 1. The first-order valence-electron chi connectivity index (χ1n) is 13.4. The average molecular weight is 522 g/mol. The molecule has 1 aromatic carbocycles. The fourth-order valence-electron chi connectivity index (χ4n) is 5.41. The molecule has 4 aromatic rings. The Balaban J connectivity index is 1.20. The highest BCUT2D eigenvalue weighted by molar-refractivity contribution is 5.59. The third-order valence-electron chi connectivity index (χ3n) is 7.77. The fourth-order valence-corrected chi connectivity index (χ4v) is 5.41. The molecule has 4 heterocycles. The van der Waals surface area contributed by atoms with Crippen molar-refractivity contribution in [3.8, 4) is 23.2 Å². The van der Waals surface area contributed by atoms with Crippen LogP contribution in [0, 0.1) is 23.2 Å². The molecule has 0 amide bonds. The molecular formula is C30H31N7O2. The molecule has 198 valence electrons. The van der Waals surface area contributed by atoms with Crippen LogP contribution in [0.1, 0.15) is 43.6 Å². The van der Waals surface area contributed by atoms with Crippen molar-refractivity contribution in [2.75, 3.05) is 19.7 Å². The van der Waals surface area contributed by atoms with Gasteiger partial charge in [-0.2, -0.15) is 5.26 Å². The number of hydrogen-bond acceptors (Lipinski definition) is 7. The first-order chi connectivity index (χ1) is 18.9. The van der Waals surface area contributed by atoms with E-state index in [-0.39, 0.29) is 17.4 Å². The predicted octanol–water partition coefficient (Wildman–Crippen LogP) is 3.99. The van der Waals surface area contributed by atoms with E-state index in [4.69, 9.17) is 9.72 Å². The molecule has 1 saturated heterocycles. The summed E-state index contributed by atoms with van der Waals surface area (Å²) in [6.45, 7) is 9.60. The van der Waals surface area contributed by atoms with Gasteiger partial charge in [-0.05, 0) is 31.6 Å². The van der Waals surface area contributed by atoms with Crippen LogP contribution in [-0.4, -0.2) is 54.6 Å². The van der Waals surface area contributed by atoms with Crippen LogP contribution in [0.15, 0.2) is 59.8 Å². The molecule has 1 aliphatic heterocycles. The molecule has 0 saturated carbocycles. The quantitative estimate of drug-likeness (QED) is 0.362. The highest BCUT2D eigenvalue weighted by Gasteiger charge is 2.29. The van der Waals surface area contributed by atoms with Crippen molar-refractivity contribution in [1.82, 2.24) is 28.8 Å². The Kier molecular flexibility index (Phi) is 6.49. The summed E-state index contributed by atoms with van der Waals surface area (Å²) >= 11 is 0. The van der Waals surface area contributed by atoms with E-state index >= 15 is 0 Å². The Labute approximate surface area is 227 Å². The maximum absolute atomic E-state index is 12.9. The van der Waals surface area contributed by atoms with Gasteiger partial charge in [0.05, 0.1) is 48.9 Å². The fraction of sp³-hybridized carbons (Fsp3) is 0.367.